The summed E-state index contributed by atoms with van der Waals surface area (Å²) in [5.41, 5.74) is 1.95. The number of rotatable bonds is 6. The van der Waals surface area contributed by atoms with Crippen LogP contribution in [0.3, 0.4) is 0 Å². The maximum Gasteiger partial charge on any atom is 0.142 e. The van der Waals surface area contributed by atoms with Crippen LogP contribution >= 0.6 is 11.6 Å². The molecule has 0 aliphatic rings. The summed E-state index contributed by atoms with van der Waals surface area (Å²) in [6.07, 6.45) is 0. The Morgan fingerprint density at radius 2 is 1.90 bits per heavy atom. The molecule has 4 heteroatoms. The fraction of sp³-hybridized carbons (Fsp3) is 0.294. The summed E-state index contributed by atoms with van der Waals surface area (Å²) in [6, 6.07) is 12.9. The van der Waals surface area contributed by atoms with Gasteiger partial charge in [-0.25, -0.2) is 4.39 Å². The number of nitrogens with one attached hydrogen (secondary N) is 1. The zero-order chi connectivity index (χ0) is 15.2. The number of hydrogen-bond acceptors (Lipinski definition) is 2. The van der Waals surface area contributed by atoms with Gasteiger partial charge in [-0.05, 0) is 37.6 Å². The quantitative estimate of drug-likeness (QED) is 0.857. The fourth-order valence-corrected chi connectivity index (χ4v) is 2.08. The van der Waals surface area contributed by atoms with Crippen molar-refractivity contribution in [1.29, 1.82) is 0 Å². The lowest BCUT2D eigenvalue weighted by Gasteiger charge is -2.15. The molecule has 0 aliphatic carbocycles. The average molecular weight is 308 g/mol. The normalized spacial score (nSPS) is 12.2. The van der Waals surface area contributed by atoms with Gasteiger partial charge in [-0.1, -0.05) is 41.4 Å². The molecule has 0 aromatic heterocycles. The summed E-state index contributed by atoms with van der Waals surface area (Å²) < 4.78 is 19.0. The smallest absolute Gasteiger partial charge is 0.142 e. The van der Waals surface area contributed by atoms with E-state index in [0.717, 1.165) is 11.3 Å². The number of benzene rings is 2. The van der Waals surface area contributed by atoms with E-state index in [0.29, 0.717) is 13.2 Å². The average Bonchev–Trinajstić information content (AvgIpc) is 2.48. The predicted molar refractivity (Wildman–Crippen MR) is 84.4 cm³/mol. The Kier molecular flexibility index (Phi) is 5.59. The molecule has 2 aromatic rings. The molecule has 0 spiro atoms. The lowest BCUT2D eigenvalue weighted by molar-refractivity contribution is 0.272. The van der Waals surface area contributed by atoms with Crippen LogP contribution in [0.5, 0.6) is 5.75 Å². The van der Waals surface area contributed by atoms with E-state index < -0.39 is 0 Å². The molecular formula is C17H19ClFNO. The molecule has 1 atom stereocenters. The second-order valence-electron chi connectivity index (χ2n) is 5.12. The fourth-order valence-electron chi connectivity index (χ4n) is 1.88. The zero-order valence-electron chi connectivity index (χ0n) is 12.2. The first-order valence-electron chi connectivity index (χ1n) is 6.92. The number of halogens is 2. The van der Waals surface area contributed by atoms with Crippen molar-refractivity contribution in [1.82, 2.24) is 5.32 Å². The van der Waals surface area contributed by atoms with Gasteiger partial charge < -0.3 is 10.1 Å². The Morgan fingerprint density at radius 1 is 1.19 bits per heavy atom. The van der Waals surface area contributed by atoms with E-state index in [4.69, 9.17) is 16.3 Å². The Hall–Kier alpha value is -1.58. The van der Waals surface area contributed by atoms with Gasteiger partial charge in [0.25, 0.3) is 0 Å². The van der Waals surface area contributed by atoms with Gasteiger partial charge in [0.05, 0.1) is 5.02 Å². The maximum absolute atomic E-state index is 13.3. The molecule has 0 radical (unpaired) electrons. The summed E-state index contributed by atoms with van der Waals surface area (Å²) in [5, 5.41) is 3.45. The van der Waals surface area contributed by atoms with Crippen LogP contribution < -0.4 is 10.1 Å². The minimum absolute atomic E-state index is 0.130. The standard InChI is InChI=1S/C17H19ClFNO/c1-12-6-8-15(9-7-12)21-11-13(2)20-10-14-4-3-5-16(19)17(14)18/h3-9,13,20H,10-11H2,1-2H3. The van der Waals surface area contributed by atoms with Crippen LogP contribution in [0, 0.1) is 12.7 Å². The molecule has 0 bridgehead atoms. The molecule has 2 aromatic carbocycles. The lowest BCUT2D eigenvalue weighted by atomic mass is 10.2. The third kappa shape index (κ3) is 4.73. The topological polar surface area (TPSA) is 21.3 Å². The highest BCUT2D eigenvalue weighted by Gasteiger charge is 2.08. The third-order valence-electron chi connectivity index (χ3n) is 3.19. The minimum Gasteiger partial charge on any atom is -0.492 e. The van der Waals surface area contributed by atoms with Crippen molar-refractivity contribution in [2.75, 3.05) is 6.61 Å². The van der Waals surface area contributed by atoms with Gasteiger partial charge in [0.2, 0.25) is 0 Å². The molecule has 0 amide bonds. The van der Waals surface area contributed by atoms with Crippen molar-refractivity contribution in [2.24, 2.45) is 0 Å². The molecule has 0 heterocycles. The van der Waals surface area contributed by atoms with Gasteiger partial charge in [-0.2, -0.15) is 0 Å². The molecule has 0 saturated heterocycles. The molecular weight excluding hydrogens is 289 g/mol. The van der Waals surface area contributed by atoms with Crippen LogP contribution in [0.15, 0.2) is 42.5 Å². The molecule has 21 heavy (non-hydrogen) atoms. The van der Waals surface area contributed by atoms with Gasteiger partial charge in [0.15, 0.2) is 0 Å². The molecule has 2 nitrogen and oxygen atoms in total. The van der Waals surface area contributed by atoms with Crippen LogP contribution in [-0.2, 0) is 6.54 Å². The van der Waals surface area contributed by atoms with E-state index in [2.05, 4.69) is 5.32 Å². The van der Waals surface area contributed by atoms with Crippen molar-refractivity contribution in [3.8, 4) is 5.75 Å². The lowest BCUT2D eigenvalue weighted by Crippen LogP contribution is -2.31. The van der Waals surface area contributed by atoms with Gasteiger partial charge in [0.1, 0.15) is 18.2 Å². The first-order valence-corrected chi connectivity index (χ1v) is 7.30. The van der Waals surface area contributed by atoms with E-state index in [9.17, 15) is 4.39 Å². The van der Waals surface area contributed by atoms with E-state index in [1.807, 2.05) is 44.2 Å². The monoisotopic (exact) mass is 307 g/mol. The maximum atomic E-state index is 13.3. The number of aryl methyl sites for hydroxylation is 1. The van der Waals surface area contributed by atoms with E-state index >= 15 is 0 Å². The van der Waals surface area contributed by atoms with Gasteiger partial charge in [0, 0.05) is 12.6 Å². The largest absolute Gasteiger partial charge is 0.492 e. The number of ether oxygens (including phenoxy) is 1. The van der Waals surface area contributed by atoms with Gasteiger partial charge in [-0.3, -0.25) is 0 Å². The van der Waals surface area contributed by atoms with Crippen molar-refractivity contribution in [2.45, 2.75) is 26.4 Å². The Bertz CT molecular complexity index is 586. The second kappa shape index (κ2) is 7.43. The zero-order valence-corrected chi connectivity index (χ0v) is 13.0. The van der Waals surface area contributed by atoms with Crippen molar-refractivity contribution >= 4 is 11.6 Å². The molecule has 112 valence electrons. The van der Waals surface area contributed by atoms with Crippen LogP contribution in [0.4, 0.5) is 4.39 Å². The Labute approximate surface area is 129 Å². The molecule has 2 rings (SSSR count). The van der Waals surface area contributed by atoms with Crippen molar-refractivity contribution in [3.63, 3.8) is 0 Å². The van der Waals surface area contributed by atoms with Crippen LogP contribution in [0.25, 0.3) is 0 Å². The molecule has 0 saturated carbocycles. The van der Waals surface area contributed by atoms with Crippen LogP contribution in [-0.4, -0.2) is 12.6 Å². The summed E-state index contributed by atoms with van der Waals surface area (Å²) in [5.74, 6) is 0.456. The minimum atomic E-state index is -0.389. The SMILES string of the molecule is Cc1ccc(OCC(C)NCc2cccc(F)c2Cl)cc1. The molecule has 0 aliphatic heterocycles. The van der Waals surface area contributed by atoms with Crippen LogP contribution in [0.2, 0.25) is 5.02 Å². The van der Waals surface area contributed by atoms with E-state index in [-0.39, 0.29) is 16.9 Å². The second-order valence-corrected chi connectivity index (χ2v) is 5.50. The predicted octanol–water partition coefficient (Wildman–Crippen LogP) is 4.34. The summed E-state index contributed by atoms with van der Waals surface area (Å²) in [7, 11) is 0. The number of hydrogen-bond donors (Lipinski definition) is 1. The summed E-state index contributed by atoms with van der Waals surface area (Å²) >= 11 is 5.92. The third-order valence-corrected chi connectivity index (χ3v) is 3.62. The highest BCUT2D eigenvalue weighted by molar-refractivity contribution is 6.31. The van der Waals surface area contributed by atoms with E-state index in [1.165, 1.54) is 11.6 Å². The molecule has 0 fully saturated rings. The van der Waals surface area contributed by atoms with Gasteiger partial charge in [-0.15, -0.1) is 0 Å². The first-order chi connectivity index (χ1) is 10.1. The van der Waals surface area contributed by atoms with Crippen molar-refractivity contribution < 1.29 is 9.13 Å². The van der Waals surface area contributed by atoms with E-state index in [1.54, 1.807) is 6.07 Å². The first kappa shape index (κ1) is 15.8. The van der Waals surface area contributed by atoms with Crippen LogP contribution in [0.1, 0.15) is 18.1 Å². The van der Waals surface area contributed by atoms with Gasteiger partial charge >= 0.3 is 0 Å². The molecule has 1 unspecified atom stereocenters. The summed E-state index contributed by atoms with van der Waals surface area (Å²) in [6.45, 7) is 5.10. The highest BCUT2D eigenvalue weighted by Crippen LogP contribution is 2.19. The Morgan fingerprint density at radius 3 is 2.62 bits per heavy atom. The van der Waals surface area contributed by atoms with Crippen molar-refractivity contribution in [3.05, 3.63) is 64.4 Å². The molecule has 1 N–H and O–H groups in total. The Balaban J connectivity index is 1.80. The summed E-state index contributed by atoms with van der Waals surface area (Å²) in [4.78, 5) is 0. The highest BCUT2D eigenvalue weighted by atomic mass is 35.5.